The Balaban J connectivity index is 1.57. The van der Waals surface area contributed by atoms with E-state index in [9.17, 15) is 4.79 Å². The minimum Gasteiger partial charge on any atom is -0.459 e. The van der Waals surface area contributed by atoms with Crippen LogP contribution in [0.25, 0.3) is 0 Å². The molecule has 0 atom stereocenters. The molecular formula is C14H10BrN3O2S2. The van der Waals surface area contributed by atoms with Gasteiger partial charge in [-0.2, -0.15) is 0 Å². The first-order valence-corrected chi connectivity index (χ1v) is 8.86. The zero-order valence-electron chi connectivity index (χ0n) is 11.2. The van der Waals surface area contributed by atoms with Crippen LogP contribution in [-0.2, 0) is 5.75 Å². The van der Waals surface area contributed by atoms with Crippen molar-refractivity contribution in [1.29, 1.82) is 0 Å². The summed E-state index contributed by atoms with van der Waals surface area (Å²) in [4.78, 5) is 11.8. The van der Waals surface area contributed by atoms with Gasteiger partial charge in [-0.25, -0.2) is 0 Å². The number of hydrogen-bond donors (Lipinski definition) is 1. The quantitative estimate of drug-likeness (QED) is 0.510. The summed E-state index contributed by atoms with van der Waals surface area (Å²) in [5, 5.41) is 11.1. The number of anilines is 1. The van der Waals surface area contributed by atoms with Gasteiger partial charge in [0.1, 0.15) is 0 Å². The smallest absolute Gasteiger partial charge is 0.293 e. The van der Waals surface area contributed by atoms with E-state index in [0.29, 0.717) is 5.13 Å². The normalized spacial score (nSPS) is 10.6. The molecule has 0 fully saturated rings. The van der Waals surface area contributed by atoms with Gasteiger partial charge in [-0.1, -0.05) is 51.2 Å². The zero-order valence-corrected chi connectivity index (χ0v) is 14.4. The van der Waals surface area contributed by atoms with Gasteiger partial charge in [0.2, 0.25) is 5.13 Å². The molecule has 0 spiro atoms. The summed E-state index contributed by atoms with van der Waals surface area (Å²) in [5.41, 5.74) is 1.20. The Hall–Kier alpha value is -1.64. The third kappa shape index (κ3) is 3.96. The lowest BCUT2D eigenvalue weighted by Crippen LogP contribution is -2.10. The number of amides is 1. The first kappa shape index (κ1) is 15.3. The molecule has 8 heteroatoms. The summed E-state index contributed by atoms with van der Waals surface area (Å²) in [7, 11) is 0. The molecule has 0 aliphatic rings. The van der Waals surface area contributed by atoms with Gasteiger partial charge in [0, 0.05) is 10.2 Å². The molecule has 22 heavy (non-hydrogen) atoms. The molecule has 3 aromatic rings. The lowest BCUT2D eigenvalue weighted by molar-refractivity contribution is 0.0996. The monoisotopic (exact) mass is 395 g/mol. The molecule has 2 aromatic heterocycles. The summed E-state index contributed by atoms with van der Waals surface area (Å²) < 4.78 is 6.88. The van der Waals surface area contributed by atoms with Crippen molar-refractivity contribution < 1.29 is 9.21 Å². The van der Waals surface area contributed by atoms with Gasteiger partial charge in [0.25, 0.3) is 5.91 Å². The second-order valence-corrected chi connectivity index (χ2v) is 7.34. The summed E-state index contributed by atoms with van der Waals surface area (Å²) in [6, 6.07) is 11.4. The van der Waals surface area contributed by atoms with Crippen LogP contribution in [0.5, 0.6) is 0 Å². The highest BCUT2D eigenvalue weighted by molar-refractivity contribution is 9.10. The third-order valence-electron chi connectivity index (χ3n) is 2.65. The fourth-order valence-corrected chi connectivity index (χ4v) is 3.58. The van der Waals surface area contributed by atoms with E-state index >= 15 is 0 Å². The lowest BCUT2D eigenvalue weighted by atomic mass is 10.2. The maximum Gasteiger partial charge on any atom is 0.293 e. The van der Waals surface area contributed by atoms with Crippen molar-refractivity contribution >= 4 is 50.1 Å². The van der Waals surface area contributed by atoms with Crippen molar-refractivity contribution in [2.45, 2.75) is 10.1 Å². The first-order chi connectivity index (χ1) is 10.7. The number of hydrogen-bond acceptors (Lipinski definition) is 6. The van der Waals surface area contributed by atoms with E-state index in [-0.39, 0.29) is 11.7 Å². The minimum atomic E-state index is -0.328. The average molecular weight is 396 g/mol. The number of benzene rings is 1. The zero-order chi connectivity index (χ0) is 15.4. The van der Waals surface area contributed by atoms with E-state index < -0.39 is 0 Å². The highest BCUT2D eigenvalue weighted by atomic mass is 79.9. The van der Waals surface area contributed by atoms with Gasteiger partial charge in [-0.3, -0.25) is 10.1 Å². The van der Waals surface area contributed by atoms with Gasteiger partial charge in [-0.05, 0) is 29.8 Å². The number of nitrogens with one attached hydrogen (secondary N) is 1. The first-order valence-electron chi connectivity index (χ1n) is 6.26. The number of carbonyl (C=O) groups excluding carboxylic acids is 1. The van der Waals surface area contributed by atoms with Crippen LogP contribution >= 0.6 is 39.0 Å². The van der Waals surface area contributed by atoms with Gasteiger partial charge < -0.3 is 4.42 Å². The van der Waals surface area contributed by atoms with Crippen molar-refractivity contribution in [2.75, 3.05) is 5.32 Å². The molecule has 0 bridgehead atoms. The highest BCUT2D eigenvalue weighted by Crippen LogP contribution is 2.28. The van der Waals surface area contributed by atoms with Gasteiger partial charge in [-0.15, -0.1) is 10.2 Å². The molecule has 3 rings (SSSR count). The number of aromatic nitrogens is 2. The van der Waals surface area contributed by atoms with Crippen LogP contribution in [0.15, 0.2) is 55.9 Å². The Morgan fingerprint density at radius 1 is 1.27 bits per heavy atom. The van der Waals surface area contributed by atoms with Crippen LogP contribution in [0, 0.1) is 0 Å². The highest BCUT2D eigenvalue weighted by Gasteiger charge is 2.12. The van der Waals surface area contributed by atoms with Crippen molar-refractivity contribution in [1.82, 2.24) is 10.2 Å². The Kier molecular flexibility index (Phi) is 4.91. The molecule has 0 saturated carbocycles. The second kappa shape index (κ2) is 7.08. The predicted octanol–water partition coefficient (Wildman–Crippen LogP) is 4.44. The van der Waals surface area contributed by atoms with Crippen LogP contribution in [0.2, 0.25) is 0 Å². The number of carbonyl (C=O) groups is 1. The Bertz CT molecular complexity index is 757. The minimum absolute atomic E-state index is 0.249. The maximum atomic E-state index is 11.8. The molecular weight excluding hydrogens is 386 g/mol. The SMILES string of the molecule is O=C(Nc1nnc(SCc2ccc(Br)cc2)s1)c1ccco1. The standard InChI is InChI=1S/C14H10BrN3O2S2/c15-10-5-3-9(4-6-10)8-21-14-18-17-13(22-14)16-12(19)11-2-1-7-20-11/h1-7H,8H2,(H,16,17,19). The van der Waals surface area contributed by atoms with E-state index in [1.807, 2.05) is 12.1 Å². The molecule has 0 saturated heterocycles. The molecule has 1 N–H and O–H groups in total. The number of halogens is 1. The second-order valence-electron chi connectivity index (χ2n) is 4.22. The Morgan fingerprint density at radius 2 is 2.09 bits per heavy atom. The van der Waals surface area contributed by atoms with E-state index in [4.69, 9.17) is 4.42 Å². The van der Waals surface area contributed by atoms with Gasteiger partial charge in [0.15, 0.2) is 10.1 Å². The molecule has 1 amide bonds. The van der Waals surface area contributed by atoms with Crippen molar-refractivity contribution in [2.24, 2.45) is 0 Å². The fourth-order valence-electron chi connectivity index (χ4n) is 1.61. The van der Waals surface area contributed by atoms with Crippen molar-refractivity contribution in [3.8, 4) is 0 Å². The predicted molar refractivity (Wildman–Crippen MR) is 90.3 cm³/mol. The largest absolute Gasteiger partial charge is 0.459 e. The van der Waals surface area contributed by atoms with Gasteiger partial charge >= 0.3 is 0 Å². The van der Waals surface area contributed by atoms with Crippen LogP contribution in [0.1, 0.15) is 16.1 Å². The summed E-state index contributed by atoms with van der Waals surface area (Å²) in [5.74, 6) is 0.721. The summed E-state index contributed by atoms with van der Waals surface area (Å²) in [6.07, 6.45) is 1.45. The lowest BCUT2D eigenvalue weighted by Gasteiger charge is -1.98. The molecule has 1 aromatic carbocycles. The van der Waals surface area contributed by atoms with Crippen LogP contribution in [0.3, 0.4) is 0 Å². The number of rotatable bonds is 5. The summed E-state index contributed by atoms with van der Waals surface area (Å²) in [6.45, 7) is 0. The molecule has 0 unspecified atom stereocenters. The Morgan fingerprint density at radius 3 is 2.82 bits per heavy atom. The molecule has 5 nitrogen and oxygen atoms in total. The summed E-state index contributed by atoms with van der Waals surface area (Å²) >= 11 is 6.33. The average Bonchev–Trinajstić information content (AvgIpc) is 3.18. The van der Waals surface area contributed by atoms with E-state index in [0.717, 1.165) is 14.6 Å². The van der Waals surface area contributed by atoms with Crippen LogP contribution in [-0.4, -0.2) is 16.1 Å². The molecule has 0 aliphatic carbocycles. The van der Waals surface area contributed by atoms with E-state index in [2.05, 4.69) is 43.6 Å². The molecule has 0 radical (unpaired) electrons. The topological polar surface area (TPSA) is 68.0 Å². The van der Waals surface area contributed by atoms with E-state index in [1.54, 1.807) is 23.9 Å². The fraction of sp³-hybridized carbons (Fsp3) is 0.0714. The van der Waals surface area contributed by atoms with Crippen molar-refractivity contribution in [3.05, 3.63) is 58.5 Å². The van der Waals surface area contributed by atoms with E-state index in [1.165, 1.54) is 23.2 Å². The molecule has 112 valence electrons. The number of thioether (sulfide) groups is 1. The molecule has 2 heterocycles. The maximum absolute atomic E-state index is 11.8. The number of furan rings is 1. The van der Waals surface area contributed by atoms with Crippen molar-refractivity contribution in [3.63, 3.8) is 0 Å². The molecule has 0 aliphatic heterocycles. The van der Waals surface area contributed by atoms with Crippen LogP contribution in [0.4, 0.5) is 5.13 Å². The Labute approximate surface area is 143 Å². The number of nitrogens with zero attached hydrogens (tertiary/aromatic N) is 2. The van der Waals surface area contributed by atoms with Crippen LogP contribution < -0.4 is 5.32 Å². The third-order valence-corrected chi connectivity index (χ3v) is 5.22. The van der Waals surface area contributed by atoms with Gasteiger partial charge in [0.05, 0.1) is 6.26 Å².